The standard InChI is InChI=1S/C13H20ClNO2/c1-4-15(9-13(2,3)17)11-6-5-10(8-16)12(14)7-11/h5-7,16-17H,4,8-9H2,1-3H3. The molecule has 0 amide bonds. The number of benzene rings is 1. The van der Waals surface area contributed by atoms with Crippen LogP contribution in [0.5, 0.6) is 0 Å². The number of rotatable bonds is 5. The first-order chi connectivity index (χ1) is 7.87. The molecule has 0 spiro atoms. The van der Waals surface area contributed by atoms with E-state index in [1.165, 1.54) is 0 Å². The van der Waals surface area contributed by atoms with Gasteiger partial charge in [-0.15, -0.1) is 0 Å². The molecule has 4 heteroatoms. The van der Waals surface area contributed by atoms with Crippen LogP contribution in [0.3, 0.4) is 0 Å². The lowest BCUT2D eigenvalue weighted by Crippen LogP contribution is -2.38. The van der Waals surface area contributed by atoms with E-state index in [-0.39, 0.29) is 6.61 Å². The van der Waals surface area contributed by atoms with E-state index in [1.807, 2.05) is 30.0 Å². The molecule has 0 aliphatic rings. The van der Waals surface area contributed by atoms with Gasteiger partial charge in [0.05, 0.1) is 12.2 Å². The van der Waals surface area contributed by atoms with E-state index in [4.69, 9.17) is 16.7 Å². The summed E-state index contributed by atoms with van der Waals surface area (Å²) in [5.74, 6) is 0. The van der Waals surface area contributed by atoms with Crippen molar-refractivity contribution >= 4 is 17.3 Å². The van der Waals surface area contributed by atoms with Crippen molar-refractivity contribution in [2.24, 2.45) is 0 Å². The van der Waals surface area contributed by atoms with E-state index in [2.05, 4.69) is 0 Å². The van der Waals surface area contributed by atoms with Crippen molar-refractivity contribution in [1.82, 2.24) is 0 Å². The van der Waals surface area contributed by atoms with Crippen molar-refractivity contribution in [2.75, 3.05) is 18.0 Å². The minimum absolute atomic E-state index is 0.0588. The van der Waals surface area contributed by atoms with Crippen LogP contribution in [-0.2, 0) is 6.61 Å². The van der Waals surface area contributed by atoms with Crippen LogP contribution in [0.2, 0.25) is 5.02 Å². The number of halogens is 1. The molecule has 3 nitrogen and oxygen atoms in total. The van der Waals surface area contributed by atoms with E-state index in [1.54, 1.807) is 13.8 Å². The number of likely N-dealkylation sites (N-methyl/N-ethyl adjacent to an activating group) is 1. The largest absolute Gasteiger partial charge is 0.392 e. The summed E-state index contributed by atoms with van der Waals surface area (Å²) in [5, 5.41) is 19.4. The van der Waals surface area contributed by atoms with Gasteiger partial charge in [-0.2, -0.15) is 0 Å². The normalized spacial score (nSPS) is 11.6. The molecule has 0 aromatic heterocycles. The lowest BCUT2D eigenvalue weighted by molar-refractivity contribution is 0.0876. The summed E-state index contributed by atoms with van der Waals surface area (Å²) in [4.78, 5) is 2.05. The first-order valence-corrected chi connectivity index (χ1v) is 6.12. The Morgan fingerprint density at radius 3 is 2.41 bits per heavy atom. The molecule has 0 fully saturated rings. The molecule has 0 radical (unpaired) electrons. The van der Waals surface area contributed by atoms with Crippen LogP contribution in [0, 0.1) is 0 Å². The lowest BCUT2D eigenvalue weighted by Gasteiger charge is -2.30. The van der Waals surface area contributed by atoms with Crippen molar-refractivity contribution in [3.8, 4) is 0 Å². The summed E-state index contributed by atoms with van der Waals surface area (Å²) in [6.45, 7) is 6.85. The zero-order valence-electron chi connectivity index (χ0n) is 10.6. The second-order valence-electron chi connectivity index (χ2n) is 4.76. The third kappa shape index (κ3) is 4.19. The maximum atomic E-state index is 9.84. The van der Waals surface area contributed by atoms with Crippen LogP contribution in [0.4, 0.5) is 5.69 Å². The monoisotopic (exact) mass is 257 g/mol. The summed E-state index contributed by atoms with van der Waals surface area (Å²) in [6, 6.07) is 5.54. The van der Waals surface area contributed by atoms with Gasteiger partial charge in [0.25, 0.3) is 0 Å². The molecule has 96 valence electrons. The first-order valence-electron chi connectivity index (χ1n) is 5.74. The Labute approximate surface area is 108 Å². The van der Waals surface area contributed by atoms with Crippen LogP contribution >= 0.6 is 11.6 Å². The van der Waals surface area contributed by atoms with Gasteiger partial charge >= 0.3 is 0 Å². The maximum Gasteiger partial charge on any atom is 0.0765 e. The van der Waals surface area contributed by atoms with Gasteiger partial charge in [-0.25, -0.2) is 0 Å². The highest BCUT2D eigenvalue weighted by atomic mass is 35.5. The summed E-state index contributed by atoms with van der Waals surface area (Å²) >= 11 is 6.05. The molecule has 0 heterocycles. The van der Waals surface area contributed by atoms with E-state index in [9.17, 15) is 5.11 Å². The molecule has 0 aliphatic carbocycles. The van der Waals surface area contributed by atoms with Crippen LogP contribution in [0.1, 0.15) is 26.3 Å². The third-order valence-corrected chi connectivity index (χ3v) is 2.88. The van der Waals surface area contributed by atoms with E-state index in [0.29, 0.717) is 11.6 Å². The first kappa shape index (κ1) is 14.3. The zero-order valence-corrected chi connectivity index (χ0v) is 11.3. The van der Waals surface area contributed by atoms with Gasteiger partial charge in [-0.1, -0.05) is 17.7 Å². The SMILES string of the molecule is CCN(CC(C)(C)O)c1ccc(CO)c(Cl)c1. The second-order valence-corrected chi connectivity index (χ2v) is 5.17. The van der Waals surface area contributed by atoms with Crippen LogP contribution < -0.4 is 4.90 Å². The van der Waals surface area contributed by atoms with Gasteiger partial charge < -0.3 is 15.1 Å². The Kier molecular flexibility index (Phi) is 4.80. The van der Waals surface area contributed by atoms with Crippen LogP contribution in [0.15, 0.2) is 18.2 Å². The number of anilines is 1. The van der Waals surface area contributed by atoms with Gasteiger partial charge in [0.15, 0.2) is 0 Å². The molecule has 0 aliphatic heterocycles. The third-order valence-electron chi connectivity index (χ3n) is 2.53. The minimum Gasteiger partial charge on any atom is -0.392 e. The summed E-state index contributed by atoms with van der Waals surface area (Å²) < 4.78 is 0. The van der Waals surface area contributed by atoms with E-state index in [0.717, 1.165) is 17.8 Å². The molecule has 2 N–H and O–H groups in total. The van der Waals surface area contributed by atoms with Gasteiger partial charge in [0.1, 0.15) is 0 Å². The van der Waals surface area contributed by atoms with Gasteiger partial charge in [-0.05, 0) is 38.5 Å². The Morgan fingerprint density at radius 2 is 2.00 bits per heavy atom. The average Bonchev–Trinajstić information content (AvgIpc) is 2.24. The molecule has 0 atom stereocenters. The van der Waals surface area contributed by atoms with Crippen molar-refractivity contribution in [2.45, 2.75) is 33.0 Å². The fraction of sp³-hybridized carbons (Fsp3) is 0.538. The molecule has 0 saturated carbocycles. The highest BCUT2D eigenvalue weighted by molar-refractivity contribution is 6.31. The van der Waals surface area contributed by atoms with Crippen LogP contribution in [0.25, 0.3) is 0 Å². The predicted octanol–water partition coefficient (Wildman–Crippen LogP) is 2.43. The fourth-order valence-electron chi connectivity index (χ4n) is 1.71. The molecular formula is C13H20ClNO2. The number of aliphatic hydroxyl groups excluding tert-OH is 1. The molecule has 17 heavy (non-hydrogen) atoms. The Hall–Kier alpha value is -0.770. The molecule has 0 saturated heterocycles. The van der Waals surface area contributed by atoms with Crippen LogP contribution in [-0.4, -0.2) is 28.9 Å². The molecule has 0 unspecified atom stereocenters. The Bertz CT molecular complexity index is 374. The second kappa shape index (κ2) is 5.71. The summed E-state index contributed by atoms with van der Waals surface area (Å²) in [5.41, 5.74) is 0.921. The lowest BCUT2D eigenvalue weighted by atomic mass is 10.1. The highest BCUT2D eigenvalue weighted by Gasteiger charge is 2.18. The number of aliphatic hydroxyl groups is 2. The summed E-state index contributed by atoms with van der Waals surface area (Å²) in [7, 11) is 0. The van der Waals surface area contributed by atoms with Crippen molar-refractivity contribution in [3.05, 3.63) is 28.8 Å². The zero-order chi connectivity index (χ0) is 13.1. The number of hydrogen-bond donors (Lipinski definition) is 2. The Morgan fingerprint density at radius 1 is 1.35 bits per heavy atom. The molecular weight excluding hydrogens is 238 g/mol. The molecule has 0 bridgehead atoms. The molecule has 1 aromatic rings. The van der Waals surface area contributed by atoms with E-state index < -0.39 is 5.60 Å². The van der Waals surface area contributed by atoms with Crippen molar-refractivity contribution in [3.63, 3.8) is 0 Å². The molecule has 1 rings (SSSR count). The molecule has 1 aromatic carbocycles. The highest BCUT2D eigenvalue weighted by Crippen LogP contribution is 2.24. The number of hydrogen-bond acceptors (Lipinski definition) is 3. The van der Waals surface area contributed by atoms with Crippen molar-refractivity contribution in [1.29, 1.82) is 0 Å². The van der Waals surface area contributed by atoms with Gasteiger partial charge in [0, 0.05) is 23.8 Å². The quantitative estimate of drug-likeness (QED) is 0.852. The van der Waals surface area contributed by atoms with Crippen molar-refractivity contribution < 1.29 is 10.2 Å². The van der Waals surface area contributed by atoms with Gasteiger partial charge in [0.2, 0.25) is 0 Å². The number of nitrogens with zero attached hydrogens (tertiary/aromatic N) is 1. The topological polar surface area (TPSA) is 43.7 Å². The summed E-state index contributed by atoms with van der Waals surface area (Å²) in [6.07, 6.45) is 0. The smallest absolute Gasteiger partial charge is 0.0765 e. The minimum atomic E-state index is -0.752. The van der Waals surface area contributed by atoms with E-state index >= 15 is 0 Å². The average molecular weight is 258 g/mol. The predicted molar refractivity (Wildman–Crippen MR) is 71.6 cm³/mol. The fourth-order valence-corrected chi connectivity index (χ4v) is 1.95. The Balaban J connectivity index is 2.93. The van der Waals surface area contributed by atoms with Gasteiger partial charge in [-0.3, -0.25) is 0 Å². The maximum absolute atomic E-state index is 9.84.